The molecule has 19 heavy (non-hydrogen) atoms. The highest BCUT2D eigenvalue weighted by Gasteiger charge is 2.28. The Hall–Kier alpha value is -1.01. The second kappa shape index (κ2) is 5.96. The van der Waals surface area contributed by atoms with Crippen LogP contribution in [0.15, 0.2) is 16.8 Å². The van der Waals surface area contributed by atoms with Gasteiger partial charge in [0, 0.05) is 28.8 Å². The highest BCUT2D eigenvalue weighted by atomic mass is 35.5. The first-order valence-corrected chi connectivity index (χ1v) is 7.25. The number of hydrogen-bond donors (Lipinski definition) is 1. The van der Waals surface area contributed by atoms with Crippen LogP contribution < -0.4 is 5.73 Å². The molecular formula is C12H16ClFN4S. The van der Waals surface area contributed by atoms with Crippen molar-refractivity contribution in [2.45, 2.75) is 31.6 Å². The van der Waals surface area contributed by atoms with E-state index in [-0.39, 0.29) is 11.5 Å². The number of aryl methyl sites for hydroxylation is 1. The van der Waals surface area contributed by atoms with Gasteiger partial charge in [-0.3, -0.25) is 4.39 Å². The lowest BCUT2D eigenvalue weighted by Gasteiger charge is -2.23. The third-order valence-corrected chi connectivity index (χ3v) is 4.74. The molecule has 0 bridgehead atoms. The SMILES string of the molecule is CC1=C(CCF)SC(Cl)N1Cc1cnc(C)nc1N. The lowest BCUT2D eigenvalue weighted by atomic mass is 10.2. The van der Waals surface area contributed by atoms with Gasteiger partial charge in [-0.2, -0.15) is 0 Å². The van der Waals surface area contributed by atoms with Gasteiger partial charge in [0.2, 0.25) is 0 Å². The van der Waals surface area contributed by atoms with Crippen LogP contribution in [0.4, 0.5) is 10.2 Å². The second-order valence-electron chi connectivity index (χ2n) is 4.31. The summed E-state index contributed by atoms with van der Waals surface area (Å²) in [5.41, 5.74) is 7.71. The van der Waals surface area contributed by atoms with Gasteiger partial charge in [-0.05, 0) is 13.8 Å². The summed E-state index contributed by atoms with van der Waals surface area (Å²) < 4.78 is 12.5. The van der Waals surface area contributed by atoms with E-state index in [1.165, 1.54) is 11.8 Å². The van der Waals surface area contributed by atoms with Gasteiger partial charge in [-0.15, -0.1) is 0 Å². The zero-order valence-corrected chi connectivity index (χ0v) is 12.4. The van der Waals surface area contributed by atoms with Gasteiger partial charge in [0.1, 0.15) is 11.6 Å². The van der Waals surface area contributed by atoms with E-state index in [0.29, 0.717) is 24.6 Å². The third-order valence-electron chi connectivity index (χ3n) is 3.00. The van der Waals surface area contributed by atoms with Gasteiger partial charge in [0.25, 0.3) is 0 Å². The number of aromatic nitrogens is 2. The van der Waals surface area contributed by atoms with Crippen molar-refractivity contribution >= 4 is 29.2 Å². The van der Waals surface area contributed by atoms with E-state index in [1.807, 2.05) is 11.8 Å². The number of nitrogen functional groups attached to an aromatic ring is 1. The molecule has 0 fully saturated rings. The molecule has 4 nitrogen and oxygen atoms in total. The van der Waals surface area contributed by atoms with Gasteiger partial charge in [0.15, 0.2) is 4.83 Å². The largest absolute Gasteiger partial charge is 0.383 e. The van der Waals surface area contributed by atoms with Crippen LogP contribution in [0.25, 0.3) is 0 Å². The van der Waals surface area contributed by atoms with E-state index < -0.39 is 0 Å². The van der Waals surface area contributed by atoms with E-state index >= 15 is 0 Å². The fourth-order valence-electron chi connectivity index (χ4n) is 1.91. The maximum Gasteiger partial charge on any atom is 0.155 e. The number of allylic oxidation sites excluding steroid dienone is 2. The molecule has 1 unspecified atom stereocenters. The van der Waals surface area contributed by atoms with Gasteiger partial charge < -0.3 is 10.6 Å². The fraction of sp³-hybridized carbons (Fsp3) is 0.500. The summed E-state index contributed by atoms with van der Waals surface area (Å²) in [6.07, 6.45) is 2.13. The molecule has 1 aliphatic rings. The standard InChI is InChI=1S/C12H16ClFN4S/c1-7-10(3-4-14)19-12(13)18(7)6-9-5-16-8(2)17-11(9)15/h5,12H,3-4,6H2,1-2H3,(H2,15,16,17). The van der Waals surface area contributed by atoms with Gasteiger partial charge in [-0.1, -0.05) is 23.4 Å². The van der Waals surface area contributed by atoms with E-state index in [0.717, 1.165) is 16.2 Å². The predicted molar refractivity (Wildman–Crippen MR) is 77.2 cm³/mol. The molecule has 0 spiro atoms. The number of halogens is 2. The lowest BCUT2D eigenvalue weighted by molar-refractivity contribution is 0.376. The Balaban J connectivity index is 2.18. The summed E-state index contributed by atoms with van der Waals surface area (Å²) in [4.78, 5) is 11.0. The zero-order valence-electron chi connectivity index (χ0n) is 10.9. The third kappa shape index (κ3) is 3.12. The minimum atomic E-state index is -0.368. The highest BCUT2D eigenvalue weighted by molar-refractivity contribution is 8.04. The molecule has 1 aliphatic heterocycles. The van der Waals surface area contributed by atoms with Crippen LogP contribution in [0.3, 0.4) is 0 Å². The van der Waals surface area contributed by atoms with Crippen molar-refractivity contribution in [1.82, 2.24) is 14.9 Å². The van der Waals surface area contributed by atoms with Crippen molar-refractivity contribution in [3.05, 3.63) is 28.2 Å². The van der Waals surface area contributed by atoms with Crippen molar-refractivity contribution in [1.29, 1.82) is 0 Å². The molecule has 104 valence electrons. The normalized spacial score (nSPS) is 19.4. The van der Waals surface area contributed by atoms with E-state index in [9.17, 15) is 4.39 Å². The summed E-state index contributed by atoms with van der Waals surface area (Å²) in [6.45, 7) is 3.91. The monoisotopic (exact) mass is 302 g/mol. The molecule has 0 saturated heterocycles. The average Bonchev–Trinajstić information content (AvgIpc) is 2.60. The number of alkyl halides is 2. The summed E-state index contributed by atoms with van der Waals surface area (Å²) in [6, 6.07) is 0. The molecule has 2 rings (SSSR count). The number of anilines is 1. The van der Waals surface area contributed by atoms with Gasteiger partial charge >= 0.3 is 0 Å². The molecule has 1 aromatic heterocycles. The minimum Gasteiger partial charge on any atom is -0.383 e. The molecule has 0 saturated carbocycles. The van der Waals surface area contributed by atoms with Crippen molar-refractivity contribution in [2.24, 2.45) is 0 Å². The molecule has 7 heteroatoms. The van der Waals surface area contributed by atoms with Crippen LogP contribution in [-0.4, -0.2) is 26.4 Å². The number of nitrogens with zero attached hydrogens (tertiary/aromatic N) is 3. The average molecular weight is 303 g/mol. The van der Waals surface area contributed by atoms with E-state index in [1.54, 1.807) is 13.1 Å². The maximum absolute atomic E-state index is 12.5. The molecule has 1 atom stereocenters. The summed E-state index contributed by atoms with van der Waals surface area (Å²) in [5.74, 6) is 1.11. The van der Waals surface area contributed by atoms with Crippen LogP contribution in [0, 0.1) is 6.92 Å². The predicted octanol–water partition coefficient (Wildman–Crippen LogP) is 3.03. The Labute approximate surface area is 121 Å². The van der Waals surface area contributed by atoms with Crippen LogP contribution >= 0.6 is 23.4 Å². The van der Waals surface area contributed by atoms with Gasteiger partial charge in [-0.25, -0.2) is 9.97 Å². The molecule has 2 heterocycles. The number of rotatable bonds is 4. The van der Waals surface area contributed by atoms with E-state index in [2.05, 4.69) is 9.97 Å². The number of nitrogens with two attached hydrogens (primary N) is 1. The molecule has 0 amide bonds. The first-order valence-electron chi connectivity index (χ1n) is 5.94. The Morgan fingerprint density at radius 1 is 1.53 bits per heavy atom. The Morgan fingerprint density at radius 3 is 2.89 bits per heavy atom. The Kier molecular flexibility index (Phi) is 4.52. The van der Waals surface area contributed by atoms with Crippen LogP contribution in [0.2, 0.25) is 0 Å². The highest BCUT2D eigenvalue weighted by Crippen LogP contribution is 2.42. The first-order chi connectivity index (χ1) is 9.02. The summed E-state index contributed by atoms with van der Waals surface area (Å²) in [5, 5.41) is 0. The Bertz CT molecular complexity index is 509. The van der Waals surface area contributed by atoms with Gasteiger partial charge in [0.05, 0.1) is 13.2 Å². The smallest absolute Gasteiger partial charge is 0.155 e. The molecular weight excluding hydrogens is 287 g/mol. The summed E-state index contributed by atoms with van der Waals surface area (Å²) >= 11 is 7.76. The number of hydrogen-bond acceptors (Lipinski definition) is 5. The summed E-state index contributed by atoms with van der Waals surface area (Å²) in [7, 11) is 0. The molecule has 0 aliphatic carbocycles. The molecule has 0 radical (unpaired) electrons. The quantitative estimate of drug-likeness (QED) is 0.684. The Morgan fingerprint density at radius 2 is 2.26 bits per heavy atom. The molecule has 0 aromatic carbocycles. The second-order valence-corrected chi connectivity index (χ2v) is 6.16. The van der Waals surface area contributed by atoms with Crippen molar-refractivity contribution in [3.8, 4) is 0 Å². The fourth-order valence-corrected chi connectivity index (χ4v) is 3.53. The maximum atomic E-state index is 12.5. The van der Waals surface area contributed by atoms with Crippen LogP contribution in [0.5, 0.6) is 0 Å². The zero-order chi connectivity index (χ0) is 14.0. The van der Waals surface area contributed by atoms with Crippen LogP contribution in [0.1, 0.15) is 24.7 Å². The molecule has 1 aromatic rings. The van der Waals surface area contributed by atoms with Crippen molar-refractivity contribution in [3.63, 3.8) is 0 Å². The number of thioether (sulfide) groups is 1. The van der Waals surface area contributed by atoms with Crippen LogP contribution in [-0.2, 0) is 6.54 Å². The van der Waals surface area contributed by atoms with Crippen molar-refractivity contribution in [2.75, 3.05) is 12.4 Å². The van der Waals surface area contributed by atoms with Crippen molar-refractivity contribution < 1.29 is 4.39 Å². The van der Waals surface area contributed by atoms with E-state index in [4.69, 9.17) is 17.3 Å². The first kappa shape index (κ1) is 14.4. The molecule has 2 N–H and O–H groups in total. The minimum absolute atomic E-state index is 0.234. The topological polar surface area (TPSA) is 55.0 Å². The lowest BCUT2D eigenvalue weighted by Crippen LogP contribution is -2.23.